The van der Waals surface area contributed by atoms with E-state index in [-0.39, 0.29) is 18.6 Å². The molecule has 1 aliphatic heterocycles. The zero-order valence-corrected chi connectivity index (χ0v) is 13.3. The summed E-state index contributed by atoms with van der Waals surface area (Å²) in [5.74, 6) is 1.03. The number of carbonyl (C=O) groups is 1. The van der Waals surface area contributed by atoms with Crippen molar-refractivity contribution in [3.63, 3.8) is 0 Å². The van der Waals surface area contributed by atoms with E-state index in [1.165, 1.54) is 0 Å². The summed E-state index contributed by atoms with van der Waals surface area (Å²) in [6.07, 6.45) is 0. The van der Waals surface area contributed by atoms with Crippen molar-refractivity contribution in [2.45, 2.75) is 52.9 Å². The lowest BCUT2D eigenvalue weighted by molar-refractivity contribution is -0.133. The fraction of sp³-hybridized carbons (Fsp3) is 0.562. The Morgan fingerprint density at radius 1 is 1.38 bits per heavy atom. The normalized spacial score (nSPS) is 16.7. The molecule has 0 saturated carbocycles. The van der Waals surface area contributed by atoms with Crippen LogP contribution in [0.4, 0.5) is 5.69 Å². The van der Waals surface area contributed by atoms with Crippen molar-refractivity contribution in [3.8, 4) is 11.5 Å². The fourth-order valence-electron chi connectivity index (χ4n) is 2.49. The van der Waals surface area contributed by atoms with Gasteiger partial charge < -0.3 is 19.5 Å². The zero-order valence-electron chi connectivity index (χ0n) is 13.3. The summed E-state index contributed by atoms with van der Waals surface area (Å²) in [5.41, 5.74) is 0.410. The van der Waals surface area contributed by atoms with Crippen LogP contribution in [0.3, 0.4) is 0 Å². The van der Waals surface area contributed by atoms with Gasteiger partial charge in [0, 0.05) is 6.04 Å². The first-order valence-electron chi connectivity index (χ1n) is 7.25. The number of carbonyl (C=O) groups excluding carboxylic acids is 1. The molecule has 1 aliphatic rings. The molecule has 0 radical (unpaired) electrons. The molecule has 0 unspecified atom stereocenters. The molecule has 1 N–H and O–H groups in total. The van der Waals surface area contributed by atoms with Crippen LogP contribution in [0.5, 0.6) is 11.5 Å². The maximum absolute atomic E-state index is 12.6. The first kappa shape index (κ1) is 15.6. The van der Waals surface area contributed by atoms with E-state index in [9.17, 15) is 9.90 Å². The SMILES string of the molecule is CCOc1cc(CO)cc2c1OC(C)(C)C(=O)N2C(C)C. The second-order valence-electron chi connectivity index (χ2n) is 5.91. The Balaban J connectivity index is 2.66. The van der Waals surface area contributed by atoms with Gasteiger partial charge in [-0.15, -0.1) is 0 Å². The molecule has 0 aliphatic carbocycles. The molecule has 0 atom stereocenters. The Hall–Kier alpha value is -1.75. The largest absolute Gasteiger partial charge is 0.490 e. The van der Waals surface area contributed by atoms with Crippen molar-refractivity contribution < 1.29 is 19.4 Å². The number of benzene rings is 1. The van der Waals surface area contributed by atoms with Gasteiger partial charge in [-0.05, 0) is 52.3 Å². The van der Waals surface area contributed by atoms with Gasteiger partial charge in [0.25, 0.3) is 5.91 Å². The van der Waals surface area contributed by atoms with Crippen LogP contribution in [0.2, 0.25) is 0 Å². The third-order valence-electron chi connectivity index (χ3n) is 3.44. The molecule has 1 aromatic carbocycles. The van der Waals surface area contributed by atoms with E-state index in [1.807, 2.05) is 20.8 Å². The van der Waals surface area contributed by atoms with Crippen molar-refractivity contribution in [2.24, 2.45) is 0 Å². The van der Waals surface area contributed by atoms with E-state index < -0.39 is 5.60 Å². The highest BCUT2D eigenvalue weighted by Gasteiger charge is 2.43. The summed E-state index contributed by atoms with van der Waals surface area (Å²) in [6.45, 7) is 9.67. The molecule has 5 nitrogen and oxygen atoms in total. The average molecular weight is 293 g/mol. The van der Waals surface area contributed by atoms with Crippen molar-refractivity contribution in [3.05, 3.63) is 17.7 Å². The molecular formula is C16H23NO4. The lowest BCUT2D eigenvalue weighted by Gasteiger charge is -2.41. The molecule has 0 fully saturated rings. The zero-order chi connectivity index (χ0) is 15.8. The van der Waals surface area contributed by atoms with Crippen LogP contribution in [-0.4, -0.2) is 29.3 Å². The fourth-order valence-corrected chi connectivity index (χ4v) is 2.49. The summed E-state index contributed by atoms with van der Waals surface area (Å²) >= 11 is 0. The second kappa shape index (κ2) is 5.56. The molecule has 116 valence electrons. The van der Waals surface area contributed by atoms with E-state index in [0.29, 0.717) is 29.4 Å². The van der Waals surface area contributed by atoms with E-state index in [0.717, 1.165) is 0 Å². The van der Waals surface area contributed by atoms with Crippen LogP contribution in [-0.2, 0) is 11.4 Å². The van der Waals surface area contributed by atoms with Crippen LogP contribution < -0.4 is 14.4 Å². The Bertz CT molecular complexity index is 551. The number of fused-ring (bicyclic) bond motifs is 1. The third kappa shape index (κ3) is 2.70. The second-order valence-corrected chi connectivity index (χ2v) is 5.91. The number of nitrogens with zero attached hydrogens (tertiary/aromatic N) is 1. The van der Waals surface area contributed by atoms with Gasteiger partial charge in [-0.25, -0.2) is 0 Å². The Labute approximate surface area is 125 Å². The summed E-state index contributed by atoms with van der Waals surface area (Å²) in [5, 5.41) is 9.43. The van der Waals surface area contributed by atoms with E-state index in [4.69, 9.17) is 9.47 Å². The van der Waals surface area contributed by atoms with E-state index in [2.05, 4.69) is 0 Å². The minimum atomic E-state index is -0.941. The molecule has 0 bridgehead atoms. The highest BCUT2D eigenvalue weighted by molar-refractivity contribution is 6.03. The number of ether oxygens (including phenoxy) is 2. The van der Waals surface area contributed by atoms with Crippen LogP contribution >= 0.6 is 0 Å². The molecule has 1 amide bonds. The first-order chi connectivity index (χ1) is 9.81. The van der Waals surface area contributed by atoms with Crippen molar-refractivity contribution >= 4 is 11.6 Å². The monoisotopic (exact) mass is 293 g/mol. The first-order valence-corrected chi connectivity index (χ1v) is 7.25. The summed E-state index contributed by atoms with van der Waals surface area (Å²) in [4.78, 5) is 14.3. The standard InChI is InChI=1S/C16H23NO4/c1-6-20-13-8-11(9-18)7-12-14(13)21-16(4,5)15(19)17(12)10(2)3/h7-8,10,18H,6,9H2,1-5H3. The lowest BCUT2D eigenvalue weighted by atomic mass is 10.0. The van der Waals surface area contributed by atoms with Gasteiger partial charge in [0.15, 0.2) is 17.1 Å². The minimum absolute atomic E-state index is 0.0113. The smallest absolute Gasteiger partial charge is 0.270 e. The Morgan fingerprint density at radius 3 is 2.57 bits per heavy atom. The highest BCUT2D eigenvalue weighted by Crippen LogP contribution is 2.46. The Morgan fingerprint density at radius 2 is 2.05 bits per heavy atom. The summed E-state index contributed by atoms with van der Waals surface area (Å²) < 4.78 is 11.5. The number of anilines is 1. The average Bonchev–Trinajstić information content (AvgIpc) is 2.40. The van der Waals surface area contributed by atoms with Gasteiger partial charge in [0.05, 0.1) is 18.9 Å². The van der Waals surface area contributed by atoms with Crippen molar-refractivity contribution in [1.29, 1.82) is 0 Å². The van der Waals surface area contributed by atoms with Gasteiger partial charge in [-0.2, -0.15) is 0 Å². The van der Waals surface area contributed by atoms with Crippen LogP contribution in [0.15, 0.2) is 12.1 Å². The maximum atomic E-state index is 12.6. The molecule has 2 rings (SSSR count). The summed E-state index contributed by atoms with van der Waals surface area (Å²) in [6, 6.07) is 3.53. The topological polar surface area (TPSA) is 59.0 Å². The van der Waals surface area contributed by atoms with Crippen LogP contribution in [0.25, 0.3) is 0 Å². The van der Waals surface area contributed by atoms with Gasteiger partial charge in [0.1, 0.15) is 0 Å². The number of hydrogen-bond acceptors (Lipinski definition) is 4. The molecule has 1 aromatic rings. The van der Waals surface area contributed by atoms with Gasteiger partial charge >= 0.3 is 0 Å². The molecule has 0 spiro atoms. The van der Waals surface area contributed by atoms with Crippen molar-refractivity contribution in [2.75, 3.05) is 11.5 Å². The predicted octanol–water partition coefficient (Wildman–Crippen LogP) is 2.49. The highest BCUT2D eigenvalue weighted by atomic mass is 16.5. The summed E-state index contributed by atoms with van der Waals surface area (Å²) in [7, 11) is 0. The molecule has 5 heteroatoms. The van der Waals surface area contributed by atoms with E-state index in [1.54, 1.807) is 30.9 Å². The number of amides is 1. The Kier molecular flexibility index (Phi) is 4.14. The van der Waals surface area contributed by atoms with Gasteiger partial charge in [-0.3, -0.25) is 4.79 Å². The molecule has 1 heterocycles. The molecule has 0 aromatic heterocycles. The van der Waals surface area contributed by atoms with Crippen molar-refractivity contribution in [1.82, 2.24) is 0 Å². The number of rotatable bonds is 4. The molecular weight excluding hydrogens is 270 g/mol. The predicted molar refractivity (Wildman–Crippen MR) is 80.9 cm³/mol. The number of aliphatic hydroxyl groups is 1. The quantitative estimate of drug-likeness (QED) is 0.926. The number of aliphatic hydroxyl groups excluding tert-OH is 1. The third-order valence-corrected chi connectivity index (χ3v) is 3.44. The maximum Gasteiger partial charge on any atom is 0.270 e. The van der Waals surface area contributed by atoms with Gasteiger partial charge in [0.2, 0.25) is 0 Å². The van der Waals surface area contributed by atoms with Crippen LogP contribution in [0.1, 0.15) is 40.2 Å². The minimum Gasteiger partial charge on any atom is -0.490 e. The van der Waals surface area contributed by atoms with Crippen LogP contribution in [0, 0.1) is 0 Å². The number of hydrogen-bond donors (Lipinski definition) is 1. The molecule has 21 heavy (non-hydrogen) atoms. The van der Waals surface area contributed by atoms with Gasteiger partial charge in [-0.1, -0.05) is 0 Å². The van der Waals surface area contributed by atoms with E-state index >= 15 is 0 Å². The lowest BCUT2D eigenvalue weighted by Crippen LogP contribution is -2.54. The molecule has 0 saturated heterocycles.